The number of carboxylic acid groups (broad SMARTS) is 1. The number of nitrogens with one attached hydrogen (secondary N) is 2. The van der Waals surface area contributed by atoms with Crippen molar-refractivity contribution < 1.29 is 19.8 Å². The van der Waals surface area contributed by atoms with Crippen LogP contribution in [0, 0.1) is 0 Å². The lowest BCUT2D eigenvalue weighted by Crippen LogP contribution is -2.33. The molecule has 0 spiro atoms. The number of rotatable bonds is 5. The predicted octanol–water partition coefficient (Wildman–Crippen LogP) is 2.06. The quantitative estimate of drug-likeness (QED) is 0.652. The SMILES string of the molecule is O=C(NCCC(O)C(=O)O)Nc1cc(Cl)ccc1Br. The highest BCUT2D eigenvalue weighted by atomic mass is 79.9. The molecular weight excluding hydrogens is 339 g/mol. The lowest BCUT2D eigenvalue weighted by molar-refractivity contribution is -0.146. The van der Waals surface area contributed by atoms with Crippen molar-refractivity contribution in [3.63, 3.8) is 0 Å². The molecule has 8 heteroatoms. The number of urea groups is 1. The monoisotopic (exact) mass is 350 g/mol. The second kappa shape index (κ2) is 7.32. The van der Waals surface area contributed by atoms with Gasteiger partial charge in [0.2, 0.25) is 0 Å². The Morgan fingerprint density at radius 2 is 2.11 bits per heavy atom. The third kappa shape index (κ3) is 5.46. The minimum absolute atomic E-state index is 0.0392. The molecule has 1 aromatic carbocycles. The summed E-state index contributed by atoms with van der Waals surface area (Å²) in [4.78, 5) is 21.9. The van der Waals surface area contributed by atoms with Crippen molar-refractivity contribution in [2.75, 3.05) is 11.9 Å². The number of aliphatic hydroxyl groups is 1. The number of aliphatic hydroxyl groups excluding tert-OH is 1. The van der Waals surface area contributed by atoms with Gasteiger partial charge in [-0.3, -0.25) is 0 Å². The average Bonchev–Trinajstić information content (AvgIpc) is 2.33. The number of carboxylic acids is 1. The van der Waals surface area contributed by atoms with Crippen LogP contribution in [0.15, 0.2) is 22.7 Å². The predicted molar refractivity (Wildman–Crippen MR) is 74.4 cm³/mol. The molecular formula is C11H12BrClN2O4. The molecule has 0 aliphatic rings. The molecule has 6 nitrogen and oxygen atoms in total. The highest BCUT2D eigenvalue weighted by Gasteiger charge is 2.13. The smallest absolute Gasteiger partial charge is 0.332 e. The van der Waals surface area contributed by atoms with Crippen LogP contribution in [0.25, 0.3) is 0 Å². The van der Waals surface area contributed by atoms with Crippen LogP contribution < -0.4 is 10.6 Å². The summed E-state index contributed by atoms with van der Waals surface area (Å²) in [7, 11) is 0. The summed E-state index contributed by atoms with van der Waals surface area (Å²) in [5, 5.41) is 22.9. The summed E-state index contributed by atoms with van der Waals surface area (Å²) in [6.45, 7) is 0.0392. The van der Waals surface area contributed by atoms with Crippen molar-refractivity contribution in [2.45, 2.75) is 12.5 Å². The fourth-order valence-corrected chi connectivity index (χ4v) is 1.72. The number of amides is 2. The molecule has 4 N–H and O–H groups in total. The van der Waals surface area contributed by atoms with E-state index in [1.807, 2.05) is 0 Å². The molecule has 0 saturated carbocycles. The Morgan fingerprint density at radius 1 is 1.42 bits per heavy atom. The molecule has 0 saturated heterocycles. The fourth-order valence-electron chi connectivity index (χ4n) is 1.21. The van der Waals surface area contributed by atoms with Crippen LogP contribution in [-0.4, -0.2) is 34.9 Å². The fraction of sp³-hybridized carbons (Fsp3) is 0.273. The van der Waals surface area contributed by atoms with Gasteiger partial charge in [-0.15, -0.1) is 0 Å². The van der Waals surface area contributed by atoms with Gasteiger partial charge in [0, 0.05) is 22.5 Å². The zero-order valence-corrected chi connectivity index (χ0v) is 12.0. The lowest BCUT2D eigenvalue weighted by Gasteiger charge is -2.10. The van der Waals surface area contributed by atoms with E-state index in [4.69, 9.17) is 21.8 Å². The van der Waals surface area contributed by atoms with Crippen molar-refractivity contribution in [3.8, 4) is 0 Å². The van der Waals surface area contributed by atoms with E-state index in [1.54, 1.807) is 18.2 Å². The first kappa shape index (κ1) is 15.7. The van der Waals surface area contributed by atoms with Crippen LogP contribution in [0.1, 0.15) is 6.42 Å². The van der Waals surface area contributed by atoms with Gasteiger partial charge in [-0.2, -0.15) is 0 Å². The molecule has 2 amide bonds. The molecule has 0 aliphatic carbocycles. The van der Waals surface area contributed by atoms with Gasteiger partial charge in [-0.25, -0.2) is 9.59 Å². The molecule has 0 aliphatic heterocycles. The Labute approximate surface area is 122 Å². The summed E-state index contributed by atoms with van der Waals surface area (Å²) >= 11 is 9.04. The zero-order chi connectivity index (χ0) is 14.4. The van der Waals surface area contributed by atoms with Crippen molar-refractivity contribution >= 4 is 45.2 Å². The third-order valence-corrected chi connectivity index (χ3v) is 3.09. The first-order chi connectivity index (χ1) is 8.90. The van der Waals surface area contributed by atoms with Gasteiger partial charge in [0.15, 0.2) is 6.10 Å². The first-order valence-electron chi connectivity index (χ1n) is 5.31. The van der Waals surface area contributed by atoms with Crippen LogP contribution in [-0.2, 0) is 4.79 Å². The number of hydrogen-bond donors (Lipinski definition) is 4. The molecule has 1 aromatic rings. The minimum Gasteiger partial charge on any atom is -0.479 e. The van der Waals surface area contributed by atoms with Crippen LogP contribution in [0.2, 0.25) is 5.02 Å². The van der Waals surface area contributed by atoms with Crippen LogP contribution in [0.4, 0.5) is 10.5 Å². The van der Waals surface area contributed by atoms with E-state index in [9.17, 15) is 9.59 Å². The van der Waals surface area contributed by atoms with Crippen molar-refractivity contribution in [1.29, 1.82) is 0 Å². The average molecular weight is 352 g/mol. The molecule has 1 unspecified atom stereocenters. The van der Waals surface area contributed by atoms with Gasteiger partial charge in [-0.1, -0.05) is 11.6 Å². The molecule has 1 atom stereocenters. The molecule has 0 heterocycles. The standard InChI is InChI=1S/C11H12BrClN2O4/c12-7-2-1-6(13)5-8(7)15-11(19)14-4-3-9(16)10(17)18/h1-2,5,9,16H,3-4H2,(H,17,18)(H2,14,15,19). The number of carbonyl (C=O) groups excluding carboxylic acids is 1. The second-order valence-corrected chi connectivity index (χ2v) is 4.94. The molecule has 0 fully saturated rings. The third-order valence-electron chi connectivity index (χ3n) is 2.16. The molecule has 0 bridgehead atoms. The van der Waals surface area contributed by atoms with Crippen molar-refractivity contribution in [2.24, 2.45) is 0 Å². The van der Waals surface area contributed by atoms with E-state index in [0.717, 1.165) is 0 Å². The number of aliphatic carboxylic acids is 1. The number of anilines is 1. The summed E-state index contributed by atoms with van der Waals surface area (Å²) in [6, 6.07) is 4.40. The van der Waals surface area contributed by atoms with Crippen LogP contribution in [0.3, 0.4) is 0 Å². The van der Waals surface area contributed by atoms with Crippen molar-refractivity contribution in [1.82, 2.24) is 5.32 Å². The van der Waals surface area contributed by atoms with Crippen LogP contribution in [0.5, 0.6) is 0 Å². The van der Waals surface area contributed by atoms with Crippen LogP contribution >= 0.6 is 27.5 Å². The number of benzene rings is 1. The summed E-state index contributed by atoms with van der Waals surface area (Å²) in [5.74, 6) is -1.32. The first-order valence-corrected chi connectivity index (χ1v) is 6.48. The minimum atomic E-state index is -1.49. The van der Waals surface area contributed by atoms with Gasteiger partial charge in [0.25, 0.3) is 0 Å². The Hall–Kier alpha value is -1.31. The van der Waals surface area contributed by atoms with Gasteiger partial charge in [0.1, 0.15) is 0 Å². The van der Waals surface area contributed by atoms with E-state index >= 15 is 0 Å². The summed E-state index contributed by atoms with van der Waals surface area (Å²) in [6.07, 6.45) is -1.56. The molecule has 0 radical (unpaired) electrons. The maximum atomic E-state index is 11.5. The topological polar surface area (TPSA) is 98.7 Å². The maximum Gasteiger partial charge on any atom is 0.332 e. The van der Waals surface area contributed by atoms with Crippen molar-refractivity contribution in [3.05, 3.63) is 27.7 Å². The Bertz CT molecular complexity index is 484. The summed E-state index contributed by atoms with van der Waals surface area (Å²) < 4.78 is 0.664. The Balaban J connectivity index is 2.43. The molecule has 1 rings (SSSR count). The molecule has 104 valence electrons. The van der Waals surface area contributed by atoms with E-state index in [-0.39, 0.29) is 13.0 Å². The second-order valence-electron chi connectivity index (χ2n) is 3.65. The number of carbonyl (C=O) groups is 2. The molecule has 0 aromatic heterocycles. The highest BCUT2D eigenvalue weighted by Crippen LogP contribution is 2.25. The number of hydrogen-bond acceptors (Lipinski definition) is 3. The van der Waals surface area contributed by atoms with E-state index in [1.165, 1.54) is 0 Å². The highest BCUT2D eigenvalue weighted by molar-refractivity contribution is 9.10. The molecule has 19 heavy (non-hydrogen) atoms. The van der Waals surface area contributed by atoms with E-state index in [2.05, 4.69) is 26.6 Å². The Morgan fingerprint density at radius 3 is 2.74 bits per heavy atom. The van der Waals surface area contributed by atoms with Gasteiger partial charge in [0.05, 0.1) is 5.69 Å². The normalized spacial score (nSPS) is 11.7. The summed E-state index contributed by atoms with van der Waals surface area (Å²) in [5.41, 5.74) is 0.490. The van der Waals surface area contributed by atoms with Gasteiger partial charge < -0.3 is 20.8 Å². The van der Waals surface area contributed by atoms with Gasteiger partial charge >= 0.3 is 12.0 Å². The maximum absolute atomic E-state index is 11.5. The number of halogens is 2. The largest absolute Gasteiger partial charge is 0.479 e. The Kier molecular flexibility index (Phi) is 6.07. The van der Waals surface area contributed by atoms with E-state index < -0.39 is 18.1 Å². The lowest BCUT2D eigenvalue weighted by atomic mass is 10.2. The van der Waals surface area contributed by atoms with E-state index in [0.29, 0.717) is 15.2 Å². The van der Waals surface area contributed by atoms with Gasteiger partial charge in [-0.05, 0) is 34.1 Å². The zero-order valence-electron chi connectivity index (χ0n) is 9.69.